The zero-order chi connectivity index (χ0) is 16.7. The smallest absolute Gasteiger partial charge is 0.147 e. The van der Waals surface area contributed by atoms with Gasteiger partial charge in [0, 0.05) is 17.0 Å². The number of nitrogens with one attached hydrogen (secondary N) is 1. The van der Waals surface area contributed by atoms with Gasteiger partial charge in [0.05, 0.1) is 0 Å². The Hall–Kier alpha value is -0.643. The van der Waals surface area contributed by atoms with Crippen molar-refractivity contribution in [1.29, 1.82) is 0 Å². The van der Waals surface area contributed by atoms with Gasteiger partial charge in [-0.2, -0.15) is 0 Å². The molecule has 1 N–H and O–H groups in total. The van der Waals surface area contributed by atoms with E-state index in [0.29, 0.717) is 11.5 Å². The fourth-order valence-electron chi connectivity index (χ4n) is 4.84. The molecular formula is C20H34N2Si. The SMILES string of the molecule is CC(C)(C)N[Si](C)(C)C1=CC(N2CCCC2)C2(C=CC=CC2)C1. The topological polar surface area (TPSA) is 15.3 Å². The van der Waals surface area contributed by atoms with E-state index in [9.17, 15) is 0 Å². The second-order valence-corrected chi connectivity index (χ2v) is 13.4. The largest absolute Gasteiger partial charge is 0.329 e. The molecule has 2 atom stereocenters. The lowest BCUT2D eigenvalue weighted by molar-refractivity contribution is 0.171. The maximum atomic E-state index is 3.98. The molecule has 0 aromatic heterocycles. The molecule has 0 aromatic carbocycles. The van der Waals surface area contributed by atoms with Crippen LogP contribution in [-0.2, 0) is 0 Å². The number of likely N-dealkylation sites (tertiary alicyclic amines) is 1. The molecule has 128 valence electrons. The van der Waals surface area contributed by atoms with Gasteiger partial charge in [-0.15, -0.1) is 0 Å². The minimum Gasteiger partial charge on any atom is -0.329 e. The Morgan fingerprint density at radius 1 is 1.17 bits per heavy atom. The van der Waals surface area contributed by atoms with Crippen LogP contribution in [-0.4, -0.2) is 37.8 Å². The van der Waals surface area contributed by atoms with Gasteiger partial charge in [0.1, 0.15) is 8.24 Å². The van der Waals surface area contributed by atoms with Crippen molar-refractivity contribution in [3.05, 3.63) is 35.6 Å². The van der Waals surface area contributed by atoms with E-state index in [1.807, 2.05) is 0 Å². The fraction of sp³-hybridized carbons (Fsp3) is 0.700. The highest BCUT2D eigenvalue weighted by molar-refractivity contribution is 6.82. The molecule has 3 rings (SSSR count). The average Bonchev–Trinajstić information content (AvgIpc) is 3.05. The Kier molecular flexibility index (Phi) is 4.50. The lowest BCUT2D eigenvalue weighted by Gasteiger charge is -2.39. The Morgan fingerprint density at radius 2 is 1.87 bits per heavy atom. The van der Waals surface area contributed by atoms with E-state index < -0.39 is 8.24 Å². The number of hydrogen-bond acceptors (Lipinski definition) is 2. The minimum absolute atomic E-state index is 0.192. The third kappa shape index (κ3) is 3.57. The molecule has 1 heterocycles. The summed E-state index contributed by atoms with van der Waals surface area (Å²) in [5, 5.41) is 1.73. The molecule has 0 saturated carbocycles. The van der Waals surface area contributed by atoms with Crippen molar-refractivity contribution in [2.24, 2.45) is 5.41 Å². The molecule has 2 unspecified atom stereocenters. The van der Waals surface area contributed by atoms with Gasteiger partial charge >= 0.3 is 0 Å². The summed E-state index contributed by atoms with van der Waals surface area (Å²) in [5.74, 6) is 0. The highest BCUT2D eigenvalue weighted by Crippen LogP contribution is 2.48. The van der Waals surface area contributed by atoms with Crippen LogP contribution < -0.4 is 4.98 Å². The summed E-state index contributed by atoms with van der Waals surface area (Å²) in [4.78, 5) is 6.73. The molecule has 0 aromatic rings. The highest BCUT2D eigenvalue weighted by Gasteiger charge is 2.47. The molecule has 2 nitrogen and oxygen atoms in total. The maximum absolute atomic E-state index is 3.98. The summed E-state index contributed by atoms with van der Waals surface area (Å²) in [6.45, 7) is 14.4. The van der Waals surface area contributed by atoms with Crippen LogP contribution in [0.5, 0.6) is 0 Å². The predicted octanol–water partition coefficient (Wildman–Crippen LogP) is 4.42. The van der Waals surface area contributed by atoms with Gasteiger partial charge in [0.2, 0.25) is 0 Å². The van der Waals surface area contributed by atoms with Crippen LogP contribution in [0, 0.1) is 5.41 Å². The van der Waals surface area contributed by atoms with Gasteiger partial charge in [0.15, 0.2) is 0 Å². The summed E-state index contributed by atoms with van der Waals surface area (Å²) in [5.41, 5.74) is 0.510. The van der Waals surface area contributed by atoms with E-state index in [2.05, 4.69) is 74.1 Å². The van der Waals surface area contributed by atoms with Gasteiger partial charge in [-0.3, -0.25) is 4.90 Å². The van der Waals surface area contributed by atoms with Crippen molar-refractivity contribution in [3.8, 4) is 0 Å². The maximum Gasteiger partial charge on any atom is 0.147 e. The Bertz CT molecular complexity index is 532. The Balaban J connectivity index is 1.89. The second-order valence-electron chi connectivity index (χ2n) is 9.28. The normalized spacial score (nSPS) is 32.0. The average molecular weight is 331 g/mol. The molecule has 3 heteroatoms. The molecule has 1 fully saturated rings. The Morgan fingerprint density at radius 3 is 2.43 bits per heavy atom. The summed E-state index contributed by atoms with van der Waals surface area (Å²) in [6.07, 6.45) is 17.3. The Labute approximate surface area is 143 Å². The quantitative estimate of drug-likeness (QED) is 0.771. The van der Waals surface area contributed by atoms with Crippen LogP contribution in [0.3, 0.4) is 0 Å². The van der Waals surface area contributed by atoms with Gasteiger partial charge in [-0.1, -0.05) is 48.7 Å². The van der Waals surface area contributed by atoms with Crippen molar-refractivity contribution >= 4 is 8.24 Å². The molecular weight excluding hydrogens is 296 g/mol. The van der Waals surface area contributed by atoms with Crippen molar-refractivity contribution in [2.45, 2.75) is 71.1 Å². The summed E-state index contributed by atoms with van der Waals surface area (Å²) < 4.78 is 0. The molecule has 1 aliphatic heterocycles. The molecule has 23 heavy (non-hydrogen) atoms. The number of nitrogens with zero attached hydrogens (tertiary/aromatic N) is 1. The van der Waals surface area contributed by atoms with E-state index in [0.717, 1.165) is 0 Å². The fourth-order valence-corrected chi connectivity index (χ4v) is 8.22. The predicted molar refractivity (Wildman–Crippen MR) is 103 cm³/mol. The third-order valence-corrected chi connectivity index (χ3v) is 8.99. The first kappa shape index (κ1) is 17.2. The van der Waals surface area contributed by atoms with Crippen LogP contribution in [0.4, 0.5) is 0 Å². The first-order valence-corrected chi connectivity index (χ1v) is 12.3. The third-order valence-electron chi connectivity index (χ3n) is 5.67. The van der Waals surface area contributed by atoms with Crippen molar-refractivity contribution in [3.63, 3.8) is 0 Å². The summed E-state index contributed by atoms with van der Waals surface area (Å²) in [6, 6.07) is 0.606. The van der Waals surface area contributed by atoms with Crippen LogP contribution in [0.2, 0.25) is 13.1 Å². The lowest BCUT2D eigenvalue weighted by atomic mass is 9.75. The first-order valence-electron chi connectivity index (χ1n) is 9.31. The molecule has 2 aliphatic carbocycles. The molecule has 0 radical (unpaired) electrons. The van der Waals surface area contributed by atoms with E-state index in [-0.39, 0.29) is 5.54 Å². The van der Waals surface area contributed by atoms with Gasteiger partial charge in [-0.05, 0) is 59.5 Å². The molecule has 0 bridgehead atoms. The van der Waals surface area contributed by atoms with Gasteiger partial charge < -0.3 is 4.98 Å². The van der Waals surface area contributed by atoms with Crippen LogP contribution >= 0.6 is 0 Å². The van der Waals surface area contributed by atoms with Crippen molar-refractivity contribution in [1.82, 2.24) is 9.88 Å². The number of allylic oxidation sites excluding steroid dienone is 4. The molecule has 1 spiro atoms. The van der Waals surface area contributed by atoms with Crippen LogP contribution in [0.15, 0.2) is 35.6 Å². The van der Waals surface area contributed by atoms with Gasteiger partial charge in [0.25, 0.3) is 0 Å². The van der Waals surface area contributed by atoms with E-state index in [1.54, 1.807) is 5.20 Å². The lowest BCUT2D eigenvalue weighted by Crippen LogP contribution is -2.55. The van der Waals surface area contributed by atoms with Gasteiger partial charge in [-0.25, -0.2) is 0 Å². The van der Waals surface area contributed by atoms with Crippen LogP contribution in [0.1, 0.15) is 46.5 Å². The summed E-state index contributed by atoms with van der Waals surface area (Å²) in [7, 11) is -1.58. The zero-order valence-electron chi connectivity index (χ0n) is 15.7. The molecule has 0 amide bonds. The van der Waals surface area contributed by atoms with E-state index in [1.165, 1.54) is 38.8 Å². The summed E-state index contributed by atoms with van der Waals surface area (Å²) >= 11 is 0. The number of hydrogen-bond donors (Lipinski definition) is 1. The standard InChI is InChI=1S/C20H34N2Si/c1-19(2,3)21-23(4,5)17-15-18(22-13-9-10-14-22)20(16-17)11-7-6-8-12-20/h6-8,11,15,18,21H,9-10,12-14,16H2,1-5H3. The molecule has 1 saturated heterocycles. The highest BCUT2D eigenvalue weighted by atomic mass is 28.3. The number of rotatable bonds is 3. The molecule has 3 aliphatic rings. The minimum atomic E-state index is -1.58. The monoisotopic (exact) mass is 330 g/mol. The van der Waals surface area contributed by atoms with Crippen molar-refractivity contribution in [2.75, 3.05) is 13.1 Å². The van der Waals surface area contributed by atoms with E-state index >= 15 is 0 Å². The van der Waals surface area contributed by atoms with Crippen molar-refractivity contribution < 1.29 is 0 Å². The second kappa shape index (κ2) is 6.02. The van der Waals surface area contributed by atoms with E-state index in [4.69, 9.17) is 0 Å². The zero-order valence-corrected chi connectivity index (χ0v) is 16.7. The first-order chi connectivity index (χ1) is 10.7. The van der Waals surface area contributed by atoms with Crippen LogP contribution in [0.25, 0.3) is 0 Å².